The summed E-state index contributed by atoms with van der Waals surface area (Å²) in [6.07, 6.45) is -1.27. The summed E-state index contributed by atoms with van der Waals surface area (Å²) in [6.45, 7) is 10.3. The second-order valence-electron chi connectivity index (χ2n) is 28.4. The van der Waals surface area contributed by atoms with E-state index in [9.17, 15) is 82.4 Å². The monoisotopic (exact) mass is 1610 g/mol. The first kappa shape index (κ1) is 91.7. The highest BCUT2D eigenvalue weighted by atomic mass is 33.1. The number of nitrogens with one attached hydrogen (secondary N) is 12. The topological polar surface area (TPSA) is 662 Å². The number of aliphatic imine (C=N–C) groups is 1. The summed E-state index contributed by atoms with van der Waals surface area (Å²) in [6, 6.07) is -9.28. The molecule has 0 saturated carbocycles. The molecule has 0 spiro atoms. The van der Waals surface area contributed by atoms with E-state index >= 15 is 4.79 Å². The summed E-state index contributed by atoms with van der Waals surface area (Å²) >= 11 is 0. The molecular formula is C68H104N24O18S2. The first-order valence-electron chi connectivity index (χ1n) is 36.0. The quantitative estimate of drug-likeness (QED) is 0.0165. The zero-order chi connectivity index (χ0) is 83.6. The molecule has 2 aliphatic heterocycles. The van der Waals surface area contributed by atoms with E-state index < -0.39 is 211 Å². The zero-order valence-corrected chi connectivity index (χ0v) is 65.5. The minimum Gasteiger partial charge on any atom is -0.481 e. The first-order valence-corrected chi connectivity index (χ1v) is 38.3. The number of carboxylic acids is 1. The lowest BCUT2D eigenvalue weighted by atomic mass is 9.98. The van der Waals surface area contributed by atoms with Crippen molar-refractivity contribution in [2.24, 2.45) is 39.9 Å². The molecule has 2 aliphatic rings. The molecule has 11 atom stereocenters. The fourth-order valence-electron chi connectivity index (χ4n) is 11.4. The van der Waals surface area contributed by atoms with Crippen molar-refractivity contribution in [1.29, 1.82) is 0 Å². The third kappa shape index (κ3) is 28.2. The highest BCUT2D eigenvalue weighted by Crippen LogP contribution is 2.40. The normalized spacial score (nSPS) is 23.1. The number of anilines is 3. The number of carbonyl (C=O) groups excluding carboxylic acids is 14. The molecule has 616 valence electrons. The van der Waals surface area contributed by atoms with Gasteiger partial charge in [0.1, 0.15) is 59.9 Å². The minimum absolute atomic E-state index is 0.00868. The molecule has 25 N–H and O–H groups in total. The number of benzene rings is 1. The summed E-state index contributed by atoms with van der Waals surface area (Å²) in [5.74, 6) is -17.3. The number of nitrogen functional groups attached to an aromatic ring is 2. The smallest absolute Gasteiger partial charge is 0.303 e. The highest BCUT2D eigenvalue weighted by Gasteiger charge is 2.46. The third-order valence-electron chi connectivity index (χ3n) is 17.5. The van der Waals surface area contributed by atoms with Crippen LogP contribution < -0.4 is 97.4 Å². The summed E-state index contributed by atoms with van der Waals surface area (Å²) in [4.78, 5) is 231. The average molecular weight is 1610 g/mol. The van der Waals surface area contributed by atoms with Crippen LogP contribution >= 0.6 is 21.6 Å². The van der Waals surface area contributed by atoms with Gasteiger partial charge in [-0.25, -0.2) is 9.97 Å². The van der Waals surface area contributed by atoms with E-state index in [0.29, 0.717) is 11.4 Å². The molecule has 0 radical (unpaired) electrons. The Labute approximate surface area is 653 Å². The van der Waals surface area contributed by atoms with Crippen LogP contribution in [0.5, 0.6) is 0 Å². The van der Waals surface area contributed by atoms with E-state index in [1.165, 1.54) is 32.2 Å². The van der Waals surface area contributed by atoms with E-state index in [1.54, 1.807) is 65.6 Å². The van der Waals surface area contributed by atoms with Gasteiger partial charge in [-0.2, -0.15) is 9.97 Å². The van der Waals surface area contributed by atoms with Crippen LogP contribution in [0.25, 0.3) is 11.2 Å². The number of nitrogens with zero attached hydrogens (tertiary/aromatic N) is 7. The molecule has 0 aliphatic carbocycles. The van der Waals surface area contributed by atoms with Crippen LogP contribution in [0.1, 0.15) is 123 Å². The van der Waals surface area contributed by atoms with E-state index in [4.69, 9.17) is 28.7 Å². The Kier molecular flexibility index (Phi) is 35.3. The summed E-state index contributed by atoms with van der Waals surface area (Å²) in [7, 11) is 3.53. The van der Waals surface area contributed by atoms with E-state index in [-0.39, 0.29) is 97.9 Å². The number of aliphatic hydroxyl groups excluding tert-OH is 2. The predicted octanol–water partition coefficient (Wildman–Crippen LogP) is -6.15. The SMILES string of the molecule is CC(C)C[C@@H]1NC(=O)[C@H](C(C)C)NC(=O)[C@H](CO)NC(=O)CNC(=O)CNC(=O)[C@H](CCCN=C(N)N)NC(=O)[C@@H]2CCCN2C(=O)[C@@H](NC(=O)[C@H](CCC(=O)O)NC(=O)c2ccc(N(C)Cc3cnc4c(N)nc(N)nc4n3)cc2)C(C)(C)SSC[C@H](N)C(=O)NC(=O)CNC(=O)[C@H]([C@@H](C)O)NC(=O)[C@H](C(C)C)NC1=O. The average Bonchev–Trinajstić information content (AvgIpc) is 1.35. The maximum Gasteiger partial charge on any atom is 0.303 e. The molecule has 2 aromatic heterocycles. The van der Waals surface area contributed by atoms with Gasteiger partial charge in [-0.1, -0.05) is 63.1 Å². The molecule has 2 fully saturated rings. The highest BCUT2D eigenvalue weighted by molar-refractivity contribution is 8.77. The molecule has 3 aromatic rings. The van der Waals surface area contributed by atoms with Gasteiger partial charge in [0.25, 0.3) is 5.91 Å². The molecule has 2 saturated heterocycles. The fourth-order valence-corrected chi connectivity index (χ4v) is 14.2. The molecule has 42 nitrogen and oxygen atoms in total. The number of aromatic nitrogens is 4. The molecule has 14 amide bonds. The largest absolute Gasteiger partial charge is 0.481 e. The molecule has 4 heterocycles. The van der Waals surface area contributed by atoms with Crippen LogP contribution in [0, 0.1) is 17.8 Å². The second-order valence-corrected chi connectivity index (χ2v) is 31.4. The van der Waals surface area contributed by atoms with Crippen molar-refractivity contribution in [2.45, 2.75) is 185 Å². The van der Waals surface area contributed by atoms with E-state index in [1.807, 2.05) is 0 Å². The number of amides is 14. The number of hydrogen-bond acceptors (Lipinski definition) is 28. The number of guanidine groups is 1. The molecular weight excluding hydrogens is 1510 g/mol. The minimum atomic E-state index is -1.77. The van der Waals surface area contributed by atoms with Crippen molar-refractivity contribution < 1.29 is 87.2 Å². The molecule has 112 heavy (non-hydrogen) atoms. The van der Waals surface area contributed by atoms with Crippen molar-refractivity contribution in [3.63, 3.8) is 0 Å². The Morgan fingerprint density at radius 2 is 1.32 bits per heavy atom. The maximum absolute atomic E-state index is 15.4. The van der Waals surface area contributed by atoms with Crippen LogP contribution in [-0.4, -0.2) is 258 Å². The summed E-state index contributed by atoms with van der Waals surface area (Å²) < 4.78 is -1.52. The van der Waals surface area contributed by atoms with E-state index in [2.05, 4.69) is 88.7 Å². The lowest BCUT2D eigenvalue weighted by Gasteiger charge is -2.37. The molecule has 0 bridgehead atoms. The van der Waals surface area contributed by atoms with Gasteiger partial charge < -0.3 is 112 Å². The molecule has 5 rings (SSSR count). The van der Waals surface area contributed by atoms with Gasteiger partial charge in [0.15, 0.2) is 17.4 Å². The second kappa shape index (κ2) is 43.1. The Morgan fingerprint density at radius 1 is 0.723 bits per heavy atom. The zero-order valence-electron chi connectivity index (χ0n) is 63.9. The number of rotatable bonds is 20. The van der Waals surface area contributed by atoms with Crippen molar-refractivity contribution in [2.75, 3.05) is 68.5 Å². The van der Waals surface area contributed by atoms with Crippen LogP contribution in [0.15, 0.2) is 35.5 Å². The summed E-state index contributed by atoms with van der Waals surface area (Å²) in [5, 5.41) is 60.0. The van der Waals surface area contributed by atoms with Gasteiger partial charge in [0.2, 0.25) is 82.7 Å². The van der Waals surface area contributed by atoms with Crippen LogP contribution in [-0.2, 0) is 73.7 Å². The Morgan fingerprint density at radius 3 is 1.93 bits per heavy atom. The molecule has 44 heteroatoms. The van der Waals surface area contributed by atoms with Gasteiger partial charge >= 0.3 is 5.97 Å². The van der Waals surface area contributed by atoms with Crippen LogP contribution in [0.2, 0.25) is 0 Å². The number of imide groups is 1. The lowest BCUT2D eigenvalue weighted by Crippen LogP contribution is -2.62. The van der Waals surface area contributed by atoms with Crippen LogP contribution in [0.3, 0.4) is 0 Å². The van der Waals surface area contributed by atoms with Gasteiger partial charge in [-0.15, -0.1) is 0 Å². The number of nitrogens with two attached hydrogens (primary N) is 5. The number of hydrogen-bond donors (Lipinski definition) is 20. The number of aliphatic carboxylic acids is 1. The Balaban J connectivity index is 1.47. The van der Waals surface area contributed by atoms with Gasteiger partial charge in [0.05, 0.1) is 56.8 Å². The maximum atomic E-state index is 15.4. The number of aliphatic hydroxyl groups is 2. The van der Waals surface area contributed by atoms with Gasteiger partial charge in [-0.3, -0.25) is 82.2 Å². The van der Waals surface area contributed by atoms with Crippen molar-refractivity contribution >= 4 is 145 Å². The van der Waals surface area contributed by atoms with Crippen molar-refractivity contribution in [3.05, 3.63) is 41.7 Å². The van der Waals surface area contributed by atoms with Gasteiger partial charge in [0, 0.05) is 48.3 Å². The standard InChI is InChI=1S/C68H104N24O18S2/c1-31(2)23-41-59(104)85-49(33(5)6)64(109)87-50(34(7)94)62(107)78-27-46(97)84-56(101)38(69)30-111-112-68(8,9)52(88-58(103)40(19-20-47(98)99)81-55(100)35-15-17-37(18-16-35)91(10)28-36-24-76-51-53(70)89-67(73)90-54(51)79-36)65(110)92-22-12-14-43(92)61(106)82-39(13-11-21-74-66(71)72)57(102)77-25-44(95)75-26-45(96)80-42(29-93)60(105)86-48(32(3)4)63(108)83-41/h15-18,24,31-34,38-43,48-50,52,93-94H,11-14,19-23,25-30,69H2,1-10H3,(H,75,95)(H,77,102)(H,78,107)(H,80,96)(H,81,100)(H,82,106)(H,83,108)(H,85,104)(H,86,105)(H,87,109)(H,88,103)(H,98,99)(H4,71,72,74)(H,84,97,101)(H4,70,73,79,89,90)/t34-,38+,39+,40+,41+,42+,43+,48+,49+,50+,52-/m1/s1. The number of fused-ring (bicyclic) bond motifs is 2. The predicted molar refractivity (Wildman–Crippen MR) is 411 cm³/mol. The van der Waals surface area contributed by atoms with Gasteiger partial charge in [-0.05, 0) is 101 Å². The first-order chi connectivity index (χ1) is 52.6. The molecule has 0 unspecified atom stereocenters. The van der Waals surface area contributed by atoms with Crippen LogP contribution in [0.4, 0.5) is 17.5 Å². The van der Waals surface area contributed by atoms with Crippen molar-refractivity contribution in [3.8, 4) is 0 Å². The molecule has 1 aromatic carbocycles. The number of carbonyl (C=O) groups is 15. The Bertz CT molecular complexity index is 3940. The van der Waals surface area contributed by atoms with Crippen molar-refractivity contribution in [1.82, 2.24) is 88.6 Å². The Hall–Kier alpha value is -10.9. The lowest BCUT2D eigenvalue weighted by molar-refractivity contribution is -0.143. The summed E-state index contributed by atoms with van der Waals surface area (Å²) in [5.41, 5.74) is 30.6. The van der Waals surface area contributed by atoms with E-state index in [0.717, 1.165) is 33.4 Å². The third-order valence-corrected chi connectivity index (χ3v) is 20.9. The fraction of sp³-hybridized carbons (Fsp3) is 0.588. The number of carboxylic acid groups (broad SMARTS) is 1.